The van der Waals surface area contributed by atoms with E-state index in [9.17, 15) is 4.79 Å². The first kappa shape index (κ1) is 14.3. The molecule has 1 saturated heterocycles. The molecule has 1 aromatic carbocycles. The zero-order valence-corrected chi connectivity index (χ0v) is 12.9. The molecule has 4 heteroatoms. The summed E-state index contributed by atoms with van der Waals surface area (Å²) in [6.45, 7) is 7.38. The minimum Gasteiger partial charge on any atom is -0.342 e. The molecule has 1 N–H and O–H groups in total. The molecule has 0 atom stereocenters. The number of nitrogens with zero attached hydrogens (tertiary/aromatic N) is 2. The summed E-state index contributed by atoms with van der Waals surface area (Å²) < 4.78 is 0. The normalized spacial score (nSPS) is 17.4. The Kier molecular flexibility index (Phi) is 4.06. The number of aromatic amines is 1. The first-order chi connectivity index (χ1) is 10.1. The van der Waals surface area contributed by atoms with Crippen molar-refractivity contribution in [3.8, 4) is 0 Å². The molecule has 0 radical (unpaired) electrons. The highest BCUT2D eigenvalue weighted by molar-refractivity contribution is 5.98. The van der Waals surface area contributed by atoms with Gasteiger partial charge in [-0.05, 0) is 57.0 Å². The molecule has 0 amide bonds. The molecule has 21 heavy (non-hydrogen) atoms. The number of aryl methyl sites for hydroxylation is 1. The van der Waals surface area contributed by atoms with Crippen LogP contribution >= 0.6 is 0 Å². The SMILES string of the molecule is Cc1nc2ccc(C(=O)CCN3CCC(C)CC3)cc2[nH]1. The number of Topliss-reactive ketones (excluding diaryl/α,β-unsaturated/α-hetero) is 1. The molecule has 0 saturated carbocycles. The summed E-state index contributed by atoms with van der Waals surface area (Å²) in [5.74, 6) is 1.95. The number of hydrogen-bond acceptors (Lipinski definition) is 3. The molecule has 4 nitrogen and oxygen atoms in total. The van der Waals surface area contributed by atoms with E-state index in [1.54, 1.807) is 0 Å². The van der Waals surface area contributed by atoms with Crippen molar-refractivity contribution in [2.24, 2.45) is 5.92 Å². The number of piperidine rings is 1. The Morgan fingerprint density at radius 1 is 1.38 bits per heavy atom. The average molecular weight is 285 g/mol. The largest absolute Gasteiger partial charge is 0.342 e. The minimum absolute atomic E-state index is 0.225. The fourth-order valence-corrected chi connectivity index (χ4v) is 3.00. The van der Waals surface area contributed by atoms with E-state index in [4.69, 9.17) is 0 Å². The van der Waals surface area contributed by atoms with E-state index >= 15 is 0 Å². The van der Waals surface area contributed by atoms with Crippen LogP contribution in [0.15, 0.2) is 18.2 Å². The maximum absolute atomic E-state index is 12.3. The van der Waals surface area contributed by atoms with Crippen LogP contribution in [-0.4, -0.2) is 40.3 Å². The van der Waals surface area contributed by atoms with Crippen LogP contribution in [-0.2, 0) is 0 Å². The average Bonchev–Trinajstić information content (AvgIpc) is 2.85. The van der Waals surface area contributed by atoms with Gasteiger partial charge in [-0.15, -0.1) is 0 Å². The number of fused-ring (bicyclic) bond motifs is 1. The van der Waals surface area contributed by atoms with Crippen molar-refractivity contribution in [2.75, 3.05) is 19.6 Å². The number of imidazole rings is 1. The van der Waals surface area contributed by atoms with Crippen molar-refractivity contribution in [3.05, 3.63) is 29.6 Å². The molecule has 3 rings (SSSR count). The van der Waals surface area contributed by atoms with E-state index in [2.05, 4.69) is 21.8 Å². The third kappa shape index (κ3) is 3.32. The summed E-state index contributed by atoms with van der Waals surface area (Å²) in [4.78, 5) is 22.3. The Morgan fingerprint density at radius 3 is 2.90 bits per heavy atom. The number of H-pyrrole nitrogens is 1. The number of carbonyl (C=O) groups excluding carboxylic acids is 1. The Labute approximate surface area is 125 Å². The number of rotatable bonds is 4. The van der Waals surface area contributed by atoms with Crippen molar-refractivity contribution in [1.82, 2.24) is 14.9 Å². The molecule has 112 valence electrons. The number of hydrogen-bond donors (Lipinski definition) is 1. The second-order valence-corrected chi connectivity index (χ2v) is 6.25. The summed E-state index contributed by atoms with van der Waals surface area (Å²) in [6.07, 6.45) is 3.12. The number of aromatic nitrogens is 2. The molecule has 1 aliphatic heterocycles. The number of benzene rings is 1. The van der Waals surface area contributed by atoms with E-state index < -0.39 is 0 Å². The van der Waals surface area contributed by atoms with E-state index in [1.165, 1.54) is 12.8 Å². The molecule has 1 fully saturated rings. The number of ketones is 1. The number of carbonyl (C=O) groups is 1. The quantitative estimate of drug-likeness (QED) is 0.878. The van der Waals surface area contributed by atoms with Crippen molar-refractivity contribution in [1.29, 1.82) is 0 Å². The maximum Gasteiger partial charge on any atom is 0.164 e. The van der Waals surface area contributed by atoms with E-state index in [-0.39, 0.29) is 5.78 Å². The lowest BCUT2D eigenvalue weighted by atomic mass is 9.99. The zero-order valence-electron chi connectivity index (χ0n) is 12.9. The topological polar surface area (TPSA) is 49.0 Å². The van der Waals surface area contributed by atoms with Gasteiger partial charge in [0.15, 0.2) is 5.78 Å². The lowest BCUT2D eigenvalue weighted by Crippen LogP contribution is -2.34. The van der Waals surface area contributed by atoms with E-state index in [1.807, 2.05) is 25.1 Å². The fourth-order valence-electron chi connectivity index (χ4n) is 3.00. The van der Waals surface area contributed by atoms with Crippen LogP contribution in [0.2, 0.25) is 0 Å². The first-order valence-electron chi connectivity index (χ1n) is 7.84. The smallest absolute Gasteiger partial charge is 0.164 e. The third-order valence-electron chi connectivity index (χ3n) is 4.45. The maximum atomic E-state index is 12.3. The Hall–Kier alpha value is -1.68. The Balaban J connectivity index is 1.61. The van der Waals surface area contributed by atoms with Gasteiger partial charge < -0.3 is 9.88 Å². The standard InChI is InChI=1S/C17H23N3O/c1-12-5-8-20(9-6-12)10-7-17(21)14-3-4-15-16(11-14)19-13(2)18-15/h3-4,11-12H,5-10H2,1-2H3,(H,18,19). The number of likely N-dealkylation sites (tertiary alicyclic amines) is 1. The summed E-state index contributed by atoms with van der Waals surface area (Å²) >= 11 is 0. The van der Waals surface area contributed by atoms with Crippen LogP contribution in [0.3, 0.4) is 0 Å². The summed E-state index contributed by atoms with van der Waals surface area (Å²) in [5, 5.41) is 0. The van der Waals surface area contributed by atoms with Gasteiger partial charge in [0.05, 0.1) is 11.0 Å². The second kappa shape index (κ2) is 5.98. The molecule has 1 aliphatic rings. The summed E-state index contributed by atoms with van der Waals surface area (Å²) in [6, 6.07) is 5.74. The lowest BCUT2D eigenvalue weighted by Gasteiger charge is -2.29. The van der Waals surface area contributed by atoms with Gasteiger partial charge in [-0.2, -0.15) is 0 Å². The van der Waals surface area contributed by atoms with Crippen molar-refractivity contribution < 1.29 is 4.79 Å². The molecule has 0 bridgehead atoms. The van der Waals surface area contributed by atoms with Gasteiger partial charge in [0, 0.05) is 18.5 Å². The predicted molar refractivity (Wildman–Crippen MR) is 84.6 cm³/mol. The zero-order chi connectivity index (χ0) is 14.8. The first-order valence-corrected chi connectivity index (χ1v) is 7.84. The summed E-state index contributed by atoms with van der Waals surface area (Å²) in [7, 11) is 0. The highest BCUT2D eigenvalue weighted by Gasteiger charge is 2.17. The lowest BCUT2D eigenvalue weighted by molar-refractivity contribution is 0.0953. The van der Waals surface area contributed by atoms with Crippen molar-refractivity contribution >= 4 is 16.8 Å². The van der Waals surface area contributed by atoms with Gasteiger partial charge in [0.2, 0.25) is 0 Å². The molecule has 1 aromatic heterocycles. The molecular formula is C17H23N3O. The van der Waals surface area contributed by atoms with Gasteiger partial charge in [0.1, 0.15) is 5.82 Å². The van der Waals surface area contributed by atoms with Crippen LogP contribution in [0, 0.1) is 12.8 Å². The molecule has 0 unspecified atom stereocenters. The Morgan fingerprint density at radius 2 is 2.14 bits per heavy atom. The molecule has 2 heterocycles. The van der Waals surface area contributed by atoms with Crippen molar-refractivity contribution in [2.45, 2.75) is 33.1 Å². The Bertz CT molecular complexity index is 639. The van der Waals surface area contributed by atoms with Gasteiger partial charge in [-0.25, -0.2) is 4.98 Å². The molecular weight excluding hydrogens is 262 g/mol. The van der Waals surface area contributed by atoms with Crippen LogP contribution in [0.25, 0.3) is 11.0 Å². The highest BCUT2D eigenvalue weighted by Crippen LogP contribution is 2.18. The van der Waals surface area contributed by atoms with Gasteiger partial charge in [-0.3, -0.25) is 4.79 Å². The summed E-state index contributed by atoms with van der Waals surface area (Å²) in [5.41, 5.74) is 2.66. The van der Waals surface area contributed by atoms with Gasteiger partial charge in [-0.1, -0.05) is 6.92 Å². The number of nitrogens with one attached hydrogen (secondary N) is 1. The molecule has 0 aliphatic carbocycles. The molecule has 0 spiro atoms. The van der Waals surface area contributed by atoms with Gasteiger partial charge in [0.25, 0.3) is 0 Å². The van der Waals surface area contributed by atoms with Crippen LogP contribution in [0.1, 0.15) is 42.4 Å². The highest BCUT2D eigenvalue weighted by atomic mass is 16.1. The fraction of sp³-hybridized carbons (Fsp3) is 0.529. The van der Waals surface area contributed by atoms with Gasteiger partial charge >= 0.3 is 0 Å². The monoisotopic (exact) mass is 285 g/mol. The van der Waals surface area contributed by atoms with Crippen LogP contribution in [0.4, 0.5) is 0 Å². The third-order valence-corrected chi connectivity index (χ3v) is 4.45. The van der Waals surface area contributed by atoms with Crippen LogP contribution < -0.4 is 0 Å². The van der Waals surface area contributed by atoms with Crippen LogP contribution in [0.5, 0.6) is 0 Å². The molecule has 2 aromatic rings. The predicted octanol–water partition coefficient (Wildman–Crippen LogP) is 3.18. The minimum atomic E-state index is 0.225. The second-order valence-electron chi connectivity index (χ2n) is 6.25. The van der Waals surface area contributed by atoms with Crippen molar-refractivity contribution in [3.63, 3.8) is 0 Å². The van der Waals surface area contributed by atoms with E-state index in [0.29, 0.717) is 6.42 Å². The van der Waals surface area contributed by atoms with E-state index in [0.717, 1.165) is 48.0 Å².